The van der Waals surface area contributed by atoms with Gasteiger partial charge in [0, 0.05) is 16.8 Å². The number of nitrogens with zero attached hydrogens (tertiary/aromatic N) is 1. The molecule has 0 aliphatic heterocycles. The van der Waals surface area contributed by atoms with Gasteiger partial charge in [-0.05, 0) is 18.2 Å². The summed E-state index contributed by atoms with van der Waals surface area (Å²) >= 11 is 1.28. The number of nitro benzene ring substituents is 1. The van der Waals surface area contributed by atoms with Gasteiger partial charge in [-0.15, -0.1) is 11.3 Å². The zero-order valence-corrected chi connectivity index (χ0v) is 11.8. The normalized spacial score (nSPS) is 10.1. The second kappa shape index (κ2) is 6.23. The van der Waals surface area contributed by atoms with Gasteiger partial charge in [0.25, 0.3) is 5.69 Å². The largest absolute Gasteiger partial charge is 0.496 e. The highest BCUT2D eigenvalue weighted by Gasteiger charge is 2.15. The summed E-state index contributed by atoms with van der Waals surface area (Å²) in [5.74, 6) is -0.593. The first kappa shape index (κ1) is 14.8. The lowest BCUT2D eigenvalue weighted by Gasteiger charge is -2.07. The maximum Gasteiger partial charge on any atom is 0.336 e. The van der Waals surface area contributed by atoms with Gasteiger partial charge in [-0.25, -0.2) is 4.79 Å². The number of thiophene rings is 1. The SMILES string of the molecule is COc1ccc(NCc2cc(C(=O)O)cs2)c([N+](=O)[O-])c1. The molecule has 0 unspecified atom stereocenters. The minimum absolute atomic E-state index is 0.0932. The number of aromatic carboxylic acids is 1. The average Bonchev–Trinajstić information content (AvgIpc) is 2.94. The van der Waals surface area contributed by atoms with Crippen LogP contribution in [0.25, 0.3) is 0 Å². The molecule has 1 aromatic carbocycles. The molecule has 2 rings (SSSR count). The lowest BCUT2D eigenvalue weighted by atomic mass is 10.2. The smallest absolute Gasteiger partial charge is 0.336 e. The first-order valence-corrected chi connectivity index (χ1v) is 6.76. The van der Waals surface area contributed by atoms with Crippen molar-refractivity contribution in [2.45, 2.75) is 6.54 Å². The number of nitrogens with one attached hydrogen (secondary N) is 1. The molecule has 7 nitrogen and oxygen atoms in total. The van der Waals surface area contributed by atoms with Gasteiger partial charge in [-0.3, -0.25) is 10.1 Å². The summed E-state index contributed by atoms with van der Waals surface area (Å²) in [7, 11) is 1.44. The third-order valence-corrected chi connectivity index (χ3v) is 3.69. The molecule has 0 atom stereocenters. The molecule has 21 heavy (non-hydrogen) atoms. The van der Waals surface area contributed by atoms with E-state index in [0.717, 1.165) is 4.88 Å². The minimum Gasteiger partial charge on any atom is -0.496 e. The van der Waals surface area contributed by atoms with Gasteiger partial charge < -0.3 is 15.2 Å². The Balaban J connectivity index is 2.15. The van der Waals surface area contributed by atoms with Crippen LogP contribution >= 0.6 is 11.3 Å². The highest BCUT2D eigenvalue weighted by atomic mass is 32.1. The van der Waals surface area contributed by atoms with Gasteiger partial charge in [0.15, 0.2) is 0 Å². The molecule has 8 heteroatoms. The Kier molecular flexibility index (Phi) is 4.39. The van der Waals surface area contributed by atoms with E-state index in [1.807, 2.05) is 0 Å². The summed E-state index contributed by atoms with van der Waals surface area (Å²) < 4.78 is 4.96. The Labute approximate surface area is 123 Å². The maximum absolute atomic E-state index is 11.0. The van der Waals surface area contributed by atoms with Crippen LogP contribution in [0.1, 0.15) is 15.2 Å². The molecule has 0 saturated carbocycles. The lowest BCUT2D eigenvalue weighted by molar-refractivity contribution is -0.384. The van der Waals surface area contributed by atoms with E-state index < -0.39 is 10.9 Å². The first-order chi connectivity index (χ1) is 10.0. The Morgan fingerprint density at radius 1 is 1.48 bits per heavy atom. The van der Waals surface area contributed by atoms with Crippen LogP contribution in [0.5, 0.6) is 5.75 Å². The van der Waals surface area contributed by atoms with Crippen molar-refractivity contribution in [1.29, 1.82) is 0 Å². The average molecular weight is 308 g/mol. The quantitative estimate of drug-likeness (QED) is 0.628. The molecule has 110 valence electrons. The third-order valence-electron chi connectivity index (χ3n) is 2.76. The molecule has 0 fully saturated rings. The zero-order chi connectivity index (χ0) is 15.4. The van der Waals surface area contributed by atoms with Crippen molar-refractivity contribution < 1.29 is 19.6 Å². The van der Waals surface area contributed by atoms with Gasteiger partial charge in [-0.1, -0.05) is 0 Å². The standard InChI is InChI=1S/C13H12N2O5S/c1-20-9-2-3-11(12(5-9)15(18)19)14-6-10-4-8(7-21-10)13(16)17/h2-5,7,14H,6H2,1H3,(H,16,17). The third kappa shape index (κ3) is 3.48. The van der Waals surface area contributed by atoms with Gasteiger partial charge in [0.1, 0.15) is 11.4 Å². The maximum atomic E-state index is 11.0. The number of methoxy groups -OCH3 is 1. The van der Waals surface area contributed by atoms with Crippen molar-refractivity contribution in [3.8, 4) is 5.75 Å². The topological polar surface area (TPSA) is 102 Å². The monoisotopic (exact) mass is 308 g/mol. The molecular weight excluding hydrogens is 296 g/mol. The summed E-state index contributed by atoms with van der Waals surface area (Å²) in [6, 6.07) is 6.05. The van der Waals surface area contributed by atoms with Gasteiger partial charge in [-0.2, -0.15) is 0 Å². The van der Waals surface area contributed by atoms with Crippen molar-refractivity contribution in [3.05, 3.63) is 50.2 Å². The predicted octanol–water partition coefficient (Wildman–Crippen LogP) is 2.98. The minimum atomic E-state index is -0.993. The number of carboxylic acid groups (broad SMARTS) is 1. The first-order valence-electron chi connectivity index (χ1n) is 5.88. The van der Waals surface area contributed by atoms with Crippen molar-refractivity contribution in [2.24, 2.45) is 0 Å². The zero-order valence-electron chi connectivity index (χ0n) is 11.0. The molecule has 0 aliphatic rings. The van der Waals surface area contributed by atoms with Crippen LogP contribution in [0.15, 0.2) is 29.6 Å². The van der Waals surface area contributed by atoms with E-state index in [-0.39, 0.29) is 11.3 Å². The van der Waals surface area contributed by atoms with Crippen LogP contribution in [-0.2, 0) is 6.54 Å². The number of hydrogen-bond donors (Lipinski definition) is 2. The van der Waals surface area contributed by atoms with Gasteiger partial charge in [0.2, 0.25) is 0 Å². The van der Waals surface area contributed by atoms with Crippen LogP contribution in [0.3, 0.4) is 0 Å². The molecule has 0 aliphatic carbocycles. The van der Waals surface area contributed by atoms with Crippen LogP contribution in [0.2, 0.25) is 0 Å². The fourth-order valence-electron chi connectivity index (χ4n) is 1.71. The van der Waals surface area contributed by atoms with E-state index >= 15 is 0 Å². The van der Waals surface area contributed by atoms with Gasteiger partial charge >= 0.3 is 5.97 Å². The Morgan fingerprint density at radius 3 is 2.81 bits per heavy atom. The molecule has 0 saturated heterocycles. The number of hydrogen-bond acceptors (Lipinski definition) is 6. The van der Waals surface area contributed by atoms with E-state index in [0.29, 0.717) is 18.0 Å². The predicted molar refractivity (Wildman–Crippen MR) is 78.3 cm³/mol. The molecule has 0 spiro atoms. The molecule has 1 aromatic heterocycles. The number of benzene rings is 1. The van der Waals surface area contributed by atoms with Crippen LogP contribution in [-0.4, -0.2) is 23.1 Å². The fraction of sp³-hybridized carbons (Fsp3) is 0.154. The van der Waals surface area contributed by atoms with Crippen molar-refractivity contribution in [1.82, 2.24) is 0 Å². The second-order valence-electron chi connectivity index (χ2n) is 4.10. The molecular formula is C13H12N2O5S. The molecule has 1 heterocycles. The lowest BCUT2D eigenvalue weighted by Crippen LogP contribution is -2.02. The number of anilines is 1. The Bertz CT molecular complexity index is 683. The van der Waals surface area contributed by atoms with Crippen LogP contribution in [0, 0.1) is 10.1 Å². The summed E-state index contributed by atoms with van der Waals surface area (Å²) in [6.45, 7) is 0.311. The second-order valence-corrected chi connectivity index (χ2v) is 5.10. The number of carboxylic acids is 1. The summed E-state index contributed by atoms with van der Waals surface area (Å²) in [5, 5.41) is 24.3. The highest BCUT2D eigenvalue weighted by molar-refractivity contribution is 7.10. The van der Waals surface area contributed by atoms with E-state index in [1.165, 1.54) is 36.0 Å². The fourth-order valence-corrected chi connectivity index (χ4v) is 2.50. The van der Waals surface area contributed by atoms with Crippen molar-refractivity contribution in [2.75, 3.05) is 12.4 Å². The molecule has 0 radical (unpaired) electrons. The molecule has 2 N–H and O–H groups in total. The number of nitro groups is 1. The number of rotatable bonds is 6. The van der Waals surface area contributed by atoms with E-state index in [9.17, 15) is 14.9 Å². The Hall–Kier alpha value is -2.61. The Morgan fingerprint density at radius 2 is 2.24 bits per heavy atom. The highest BCUT2D eigenvalue weighted by Crippen LogP contribution is 2.29. The van der Waals surface area contributed by atoms with Crippen LogP contribution < -0.4 is 10.1 Å². The van der Waals surface area contributed by atoms with Crippen molar-refractivity contribution in [3.63, 3.8) is 0 Å². The summed E-state index contributed by atoms with van der Waals surface area (Å²) in [4.78, 5) is 22.1. The molecule has 0 amide bonds. The van der Waals surface area contributed by atoms with Gasteiger partial charge in [0.05, 0.1) is 23.7 Å². The van der Waals surface area contributed by atoms with Crippen molar-refractivity contribution >= 4 is 28.7 Å². The molecule has 2 aromatic rings. The molecule has 0 bridgehead atoms. The summed E-state index contributed by atoms with van der Waals surface area (Å²) in [6.07, 6.45) is 0. The number of ether oxygens (including phenoxy) is 1. The van der Waals surface area contributed by atoms with Crippen LogP contribution in [0.4, 0.5) is 11.4 Å². The van der Waals surface area contributed by atoms with E-state index in [1.54, 1.807) is 12.1 Å². The van der Waals surface area contributed by atoms with E-state index in [2.05, 4.69) is 5.32 Å². The summed E-state index contributed by atoms with van der Waals surface area (Å²) in [5.41, 5.74) is 0.469. The van der Waals surface area contributed by atoms with E-state index in [4.69, 9.17) is 9.84 Å². The number of carbonyl (C=O) groups is 1.